The van der Waals surface area contributed by atoms with Crippen molar-refractivity contribution in [2.24, 2.45) is 0 Å². The summed E-state index contributed by atoms with van der Waals surface area (Å²) in [7, 11) is 0. The maximum atomic E-state index is 10.7. The monoisotopic (exact) mass is 189 g/mol. The van der Waals surface area contributed by atoms with Gasteiger partial charge in [-0.3, -0.25) is 4.79 Å². The molecule has 0 bridgehead atoms. The fraction of sp³-hybridized carbons (Fsp3) is 0.273. The first-order valence-corrected chi connectivity index (χ1v) is 4.26. The van der Waals surface area contributed by atoms with Gasteiger partial charge in [0.25, 0.3) is 0 Å². The minimum Gasteiger partial charge on any atom is -0.480 e. The maximum Gasteiger partial charge on any atom is 0.325 e. The highest BCUT2D eigenvalue weighted by Crippen LogP contribution is 2.18. The van der Waals surface area contributed by atoms with Crippen molar-refractivity contribution < 1.29 is 9.90 Å². The van der Waals surface area contributed by atoms with E-state index in [4.69, 9.17) is 10.4 Å². The van der Waals surface area contributed by atoms with Crippen LogP contribution in [0.25, 0.3) is 0 Å². The Hall–Kier alpha value is -1.82. The van der Waals surface area contributed by atoms with E-state index in [-0.39, 0.29) is 0 Å². The standard InChI is InChI=1S/C11H11NO2/c1-7-3-4-9(5-8(7)2)10(6-12)11(13)14/h3-5,10H,1-2H3,(H,13,14). The summed E-state index contributed by atoms with van der Waals surface area (Å²) in [5, 5.41) is 17.4. The van der Waals surface area contributed by atoms with Crippen LogP contribution in [0, 0.1) is 25.2 Å². The lowest BCUT2D eigenvalue weighted by Gasteiger charge is -2.06. The number of carbonyl (C=O) groups is 1. The van der Waals surface area contributed by atoms with Gasteiger partial charge < -0.3 is 5.11 Å². The summed E-state index contributed by atoms with van der Waals surface area (Å²) in [6.07, 6.45) is 0. The molecule has 0 aliphatic carbocycles. The molecule has 0 spiro atoms. The summed E-state index contributed by atoms with van der Waals surface area (Å²) in [5.74, 6) is -2.16. The molecule has 72 valence electrons. The van der Waals surface area contributed by atoms with Crippen molar-refractivity contribution in [3.05, 3.63) is 34.9 Å². The predicted molar refractivity (Wildman–Crippen MR) is 51.9 cm³/mol. The Kier molecular flexibility index (Phi) is 2.88. The van der Waals surface area contributed by atoms with Crippen LogP contribution in [0.5, 0.6) is 0 Å². The van der Waals surface area contributed by atoms with E-state index in [2.05, 4.69) is 0 Å². The second-order valence-electron chi connectivity index (χ2n) is 3.24. The lowest BCUT2D eigenvalue weighted by Crippen LogP contribution is -2.09. The fourth-order valence-corrected chi connectivity index (χ4v) is 1.22. The molecule has 1 aromatic carbocycles. The van der Waals surface area contributed by atoms with Crippen LogP contribution in [-0.4, -0.2) is 11.1 Å². The van der Waals surface area contributed by atoms with E-state index in [1.165, 1.54) is 0 Å². The molecule has 0 fully saturated rings. The number of benzene rings is 1. The minimum absolute atomic E-state index is 0.545. The number of carboxylic acid groups (broad SMARTS) is 1. The van der Waals surface area contributed by atoms with Crippen LogP contribution in [0.3, 0.4) is 0 Å². The maximum absolute atomic E-state index is 10.7. The van der Waals surface area contributed by atoms with E-state index >= 15 is 0 Å². The predicted octanol–water partition coefficient (Wildman–Crippen LogP) is 2.00. The zero-order chi connectivity index (χ0) is 10.7. The van der Waals surface area contributed by atoms with Gasteiger partial charge >= 0.3 is 5.97 Å². The number of carboxylic acids is 1. The van der Waals surface area contributed by atoms with Crippen LogP contribution < -0.4 is 0 Å². The molecule has 1 unspecified atom stereocenters. The van der Waals surface area contributed by atoms with Gasteiger partial charge in [-0.15, -0.1) is 0 Å². The Balaban J connectivity index is 3.14. The molecular weight excluding hydrogens is 178 g/mol. The average molecular weight is 189 g/mol. The summed E-state index contributed by atoms with van der Waals surface area (Å²) in [6.45, 7) is 3.84. The number of rotatable bonds is 2. The number of nitriles is 1. The van der Waals surface area contributed by atoms with Gasteiger partial charge in [-0.1, -0.05) is 18.2 Å². The van der Waals surface area contributed by atoms with Crippen molar-refractivity contribution in [3.63, 3.8) is 0 Å². The van der Waals surface area contributed by atoms with Gasteiger partial charge in [0.2, 0.25) is 0 Å². The number of nitrogens with zero attached hydrogens (tertiary/aromatic N) is 1. The Labute approximate surface area is 82.6 Å². The molecular formula is C11H11NO2. The van der Waals surface area contributed by atoms with E-state index in [0.29, 0.717) is 5.56 Å². The average Bonchev–Trinajstić information content (AvgIpc) is 2.11. The van der Waals surface area contributed by atoms with Gasteiger partial charge in [-0.05, 0) is 30.5 Å². The molecule has 0 amide bonds. The smallest absolute Gasteiger partial charge is 0.325 e. The third kappa shape index (κ3) is 1.91. The minimum atomic E-state index is -1.10. The van der Waals surface area contributed by atoms with E-state index in [1.807, 2.05) is 19.9 Å². The van der Waals surface area contributed by atoms with Crippen LogP contribution in [0.2, 0.25) is 0 Å². The van der Waals surface area contributed by atoms with Crippen molar-refractivity contribution in [2.75, 3.05) is 0 Å². The third-order valence-electron chi connectivity index (χ3n) is 2.24. The normalized spacial score (nSPS) is 11.8. The number of aryl methyl sites for hydroxylation is 2. The first-order valence-electron chi connectivity index (χ1n) is 4.26. The van der Waals surface area contributed by atoms with Crippen LogP contribution >= 0.6 is 0 Å². The van der Waals surface area contributed by atoms with Gasteiger partial charge in [-0.25, -0.2) is 0 Å². The van der Waals surface area contributed by atoms with Crippen LogP contribution in [0.4, 0.5) is 0 Å². The van der Waals surface area contributed by atoms with Crippen molar-refractivity contribution in [3.8, 4) is 6.07 Å². The van der Waals surface area contributed by atoms with Gasteiger partial charge in [0.05, 0.1) is 6.07 Å². The molecule has 0 aromatic heterocycles. The first kappa shape index (κ1) is 10.3. The summed E-state index contributed by atoms with van der Waals surface area (Å²) in [5.41, 5.74) is 2.64. The number of aliphatic carboxylic acids is 1. The van der Waals surface area contributed by atoms with Gasteiger partial charge in [0.15, 0.2) is 5.92 Å². The molecule has 1 aromatic rings. The van der Waals surface area contributed by atoms with E-state index < -0.39 is 11.9 Å². The van der Waals surface area contributed by atoms with Crippen LogP contribution in [0.1, 0.15) is 22.6 Å². The molecule has 0 radical (unpaired) electrons. The molecule has 0 saturated heterocycles. The zero-order valence-electron chi connectivity index (χ0n) is 8.11. The van der Waals surface area contributed by atoms with Crippen LogP contribution in [-0.2, 0) is 4.79 Å². The van der Waals surface area contributed by atoms with Gasteiger partial charge in [-0.2, -0.15) is 5.26 Å². The Bertz CT molecular complexity index is 404. The summed E-state index contributed by atoms with van der Waals surface area (Å²) in [4.78, 5) is 10.7. The molecule has 1 atom stereocenters. The highest BCUT2D eigenvalue weighted by molar-refractivity contribution is 5.79. The molecule has 3 heteroatoms. The number of hydrogen-bond acceptors (Lipinski definition) is 2. The topological polar surface area (TPSA) is 61.1 Å². The molecule has 1 rings (SSSR count). The first-order chi connectivity index (χ1) is 6.56. The summed E-state index contributed by atoms with van der Waals surface area (Å²) < 4.78 is 0. The third-order valence-corrected chi connectivity index (χ3v) is 2.24. The highest BCUT2D eigenvalue weighted by Gasteiger charge is 2.18. The lowest BCUT2D eigenvalue weighted by atomic mass is 9.97. The van der Waals surface area contributed by atoms with Gasteiger partial charge in [0.1, 0.15) is 0 Å². The van der Waals surface area contributed by atoms with Crippen LogP contribution in [0.15, 0.2) is 18.2 Å². The summed E-state index contributed by atoms with van der Waals surface area (Å²) in [6, 6.07) is 7.03. The Morgan fingerprint density at radius 2 is 2.07 bits per heavy atom. The largest absolute Gasteiger partial charge is 0.480 e. The molecule has 14 heavy (non-hydrogen) atoms. The second-order valence-corrected chi connectivity index (χ2v) is 3.24. The quantitative estimate of drug-likeness (QED) is 0.773. The molecule has 0 aliphatic rings. The van der Waals surface area contributed by atoms with E-state index in [1.54, 1.807) is 18.2 Å². The van der Waals surface area contributed by atoms with E-state index in [0.717, 1.165) is 11.1 Å². The number of hydrogen-bond donors (Lipinski definition) is 1. The van der Waals surface area contributed by atoms with Crippen molar-refractivity contribution in [2.45, 2.75) is 19.8 Å². The summed E-state index contributed by atoms with van der Waals surface area (Å²) >= 11 is 0. The highest BCUT2D eigenvalue weighted by atomic mass is 16.4. The van der Waals surface area contributed by atoms with Crippen molar-refractivity contribution in [1.82, 2.24) is 0 Å². The van der Waals surface area contributed by atoms with Crippen molar-refractivity contribution in [1.29, 1.82) is 5.26 Å². The Morgan fingerprint density at radius 1 is 1.43 bits per heavy atom. The zero-order valence-corrected chi connectivity index (χ0v) is 8.11. The SMILES string of the molecule is Cc1ccc(C(C#N)C(=O)O)cc1C. The lowest BCUT2D eigenvalue weighted by molar-refractivity contribution is -0.137. The van der Waals surface area contributed by atoms with Gasteiger partial charge in [0, 0.05) is 0 Å². The second kappa shape index (κ2) is 3.93. The molecule has 0 saturated carbocycles. The molecule has 1 N–H and O–H groups in total. The van der Waals surface area contributed by atoms with Crippen molar-refractivity contribution >= 4 is 5.97 Å². The van der Waals surface area contributed by atoms with E-state index in [9.17, 15) is 4.79 Å². The molecule has 0 aliphatic heterocycles. The molecule has 0 heterocycles. The fourth-order valence-electron chi connectivity index (χ4n) is 1.22. The Morgan fingerprint density at radius 3 is 2.50 bits per heavy atom. The molecule has 3 nitrogen and oxygen atoms in total.